The zero-order chi connectivity index (χ0) is 13.5. The lowest BCUT2D eigenvalue weighted by Gasteiger charge is -2.03. The second kappa shape index (κ2) is 6.36. The van der Waals surface area contributed by atoms with Gasteiger partial charge in [-0.2, -0.15) is 0 Å². The van der Waals surface area contributed by atoms with Crippen molar-refractivity contribution in [3.8, 4) is 0 Å². The van der Waals surface area contributed by atoms with Crippen molar-refractivity contribution >= 4 is 17.6 Å². The summed E-state index contributed by atoms with van der Waals surface area (Å²) in [7, 11) is 0. The molecule has 19 heavy (non-hydrogen) atoms. The molecule has 0 saturated carbocycles. The van der Waals surface area contributed by atoms with Gasteiger partial charge in [0.15, 0.2) is 0 Å². The summed E-state index contributed by atoms with van der Waals surface area (Å²) in [6.45, 7) is 0. The Morgan fingerprint density at radius 2 is 1.42 bits per heavy atom. The van der Waals surface area contributed by atoms with Crippen LogP contribution in [0.4, 0.5) is 0 Å². The van der Waals surface area contributed by atoms with E-state index in [2.05, 4.69) is 0 Å². The van der Waals surface area contributed by atoms with Crippen LogP contribution in [0.15, 0.2) is 72.8 Å². The Morgan fingerprint density at radius 1 is 0.842 bits per heavy atom. The van der Waals surface area contributed by atoms with Gasteiger partial charge in [-0.15, -0.1) is 0 Å². The first-order valence-corrected chi connectivity index (χ1v) is 5.99. The molecule has 0 aliphatic heterocycles. The van der Waals surface area contributed by atoms with Gasteiger partial charge in [0.2, 0.25) is 0 Å². The normalized spacial score (nSPS) is 11.7. The maximum Gasteiger partial charge on any atom is 0.328 e. The predicted octanol–water partition coefficient (Wildman–Crippen LogP) is 3.87. The topological polar surface area (TPSA) is 37.3 Å². The lowest BCUT2D eigenvalue weighted by Crippen LogP contribution is -1.88. The Balaban J connectivity index is 2.40. The van der Waals surface area contributed by atoms with Crippen LogP contribution in [0.3, 0.4) is 0 Å². The third-order valence-corrected chi connectivity index (χ3v) is 2.63. The lowest BCUT2D eigenvalue weighted by molar-refractivity contribution is -0.131. The van der Waals surface area contributed by atoms with Crippen molar-refractivity contribution in [3.05, 3.63) is 83.9 Å². The van der Waals surface area contributed by atoms with Gasteiger partial charge in [-0.1, -0.05) is 60.7 Å². The molecular weight excluding hydrogens is 236 g/mol. The molecule has 2 aromatic carbocycles. The summed E-state index contributed by atoms with van der Waals surface area (Å²) in [4.78, 5) is 10.7. The largest absolute Gasteiger partial charge is 0.478 e. The van der Waals surface area contributed by atoms with E-state index in [1.807, 2.05) is 66.7 Å². The molecule has 2 nitrogen and oxygen atoms in total. The van der Waals surface area contributed by atoms with Gasteiger partial charge < -0.3 is 5.11 Å². The molecule has 0 saturated heterocycles. The van der Waals surface area contributed by atoms with Crippen molar-refractivity contribution in [2.24, 2.45) is 0 Å². The molecule has 0 radical (unpaired) electrons. The van der Waals surface area contributed by atoms with Gasteiger partial charge in [-0.25, -0.2) is 4.79 Å². The lowest BCUT2D eigenvalue weighted by atomic mass is 10.0. The average Bonchev–Trinajstić information content (AvgIpc) is 2.45. The van der Waals surface area contributed by atoms with Gasteiger partial charge in [0.1, 0.15) is 0 Å². The monoisotopic (exact) mass is 250 g/mol. The minimum Gasteiger partial charge on any atom is -0.478 e. The number of hydrogen-bond acceptors (Lipinski definition) is 1. The van der Waals surface area contributed by atoms with E-state index >= 15 is 0 Å². The molecule has 1 N–H and O–H groups in total. The van der Waals surface area contributed by atoms with Crippen molar-refractivity contribution in [2.75, 3.05) is 0 Å². The van der Waals surface area contributed by atoms with Crippen LogP contribution in [-0.2, 0) is 4.79 Å². The summed E-state index contributed by atoms with van der Waals surface area (Å²) in [5, 5.41) is 8.76. The number of carbonyl (C=O) groups is 1. The first-order valence-electron chi connectivity index (χ1n) is 5.99. The van der Waals surface area contributed by atoms with Gasteiger partial charge in [-0.3, -0.25) is 0 Å². The van der Waals surface area contributed by atoms with Crippen LogP contribution in [0.5, 0.6) is 0 Å². The zero-order valence-electron chi connectivity index (χ0n) is 10.4. The molecule has 94 valence electrons. The van der Waals surface area contributed by atoms with E-state index in [1.165, 1.54) is 0 Å². The molecule has 0 unspecified atom stereocenters. The number of carboxylic acids is 1. The predicted molar refractivity (Wildman–Crippen MR) is 77.5 cm³/mol. The van der Waals surface area contributed by atoms with Gasteiger partial charge >= 0.3 is 5.97 Å². The Kier molecular flexibility index (Phi) is 4.29. The summed E-state index contributed by atoms with van der Waals surface area (Å²) < 4.78 is 0. The highest BCUT2D eigenvalue weighted by molar-refractivity contribution is 5.91. The Labute approximate surface area is 112 Å². The minimum absolute atomic E-state index is 0.870. The van der Waals surface area contributed by atoms with Crippen LogP contribution in [0, 0.1) is 0 Å². The Hall–Kier alpha value is -2.61. The number of aliphatic carboxylic acids is 1. The van der Waals surface area contributed by atoms with E-state index in [0.717, 1.165) is 22.8 Å². The number of hydrogen-bond donors (Lipinski definition) is 1. The summed E-state index contributed by atoms with van der Waals surface area (Å²) >= 11 is 0. The van der Waals surface area contributed by atoms with Crippen molar-refractivity contribution in [2.45, 2.75) is 0 Å². The SMILES string of the molecule is O=C(O)C=CC(=Cc1ccccc1)c1ccccc1. The smallest absolute Gasteiger partial charge is 0.328 e. The minimum atomic E-state index is -0.949. The van der Waals surface area contributed by atoms with Gasteiger partial charge in [0.05, 0.1) is 0 Å². The Morgan fingerprint density at radius 3 is 2.00 bits per heavy atom. The fourth-order valence-corrected chi connectivity index (χ4v) is 1.75. The van der Waals surface area contributed by atoms with Gasteiger partial charge in [0.25, 0.3) is 0 Å². The van der Waals surface area contributed by atoms with Gasteiger partial charge in [0, 0.05) is 6.08 Å². The summed E-state index contributed by atoms with van der Waals surface area (Å²) in [5.41, 5.74) is 2.90. The number of benzene rings is 2. The summed E-state index contributed by atoms with van der Waals surface area (Å²) in [6.07, 6.45) is 4.74. The maximum absolute atomic E-state index is 10.7. The summed E-state index contributed by atoms with van der Waals surface area (Å²) in [5.74, 6) is -0.949. The number of allylic oxidation sites excluding steroid dienone is 2. The van der Waals surface area contributed by atoms with E-state index < -0.39 is 5.97 Å². The molecule has 0 heterocycles. The van der Waals surface area contributed by atoms with E-state index in [4.69, 9.17) is 5.11 Å². The van der Waals surface area contributed by atoms with Crippen LogP contribution in [0.1, 0.15) is 11.1 Å². The van der Waals surface area contributed by atoms with Crippen LogP contribution >= 0.6 is 0 Å². The first kappa shape index (κ1) is 12.8. The van der Waals surface area contributed by atoms with E-state index in [0.29, 0.717) is 0 Å². The van der Waals surface area contributed by atoms with Crippen molar-refractivity contribution in [1.29, 1.82) is 0 Å². The second-order valence-electron chi connectivity index (χ2n) is 4.05. The molecule has 2 heteroatoms. The van der Waals surface area contributed by atoms with E-state index in [-0.39, 0.29) is 0 Å². The van der Waals surface area contributed by atoms with Crippen molar-refractivity contribution in [3.63, 3.8) is 0 Å². The molecule has 0 atom stereocenters. The quantitative estimate of drug-likeness (QED) is 0.508. The molecule has 0 aromatic heterocycles. The third kappa shape index (κ3) is 3.96. The number of carboxylic acid groups (broad SMARTS) is 1. The fourth-order valence-electron chi connectivity index (χ4n) is 1.75. The first-order chi connectivity index (χ1) is 9.25. The number of rotatable bonds is 4. The standard InChI is InChI=1S/C17H14O2/c18-17(19)12-11-16(15-9-5-2-6-10-15)13-14-7-3-1-4-8-14/h1-13H,(H,18,19). The molecule has 0 amide bonds. The molecule has 2 rings (SSSR count). The highest BCUT2D eigenvalue weighted by Crippen LogP contribution is 2.19. The zero-order valence-corrected chi connectivity index (χ0v) is 10.4. The molecular formula is C17H14O2. The molecule has 0 aliphatic rings. The highest BCUT2D eigenvalue weighted by Gasteiger charge is 1.98. The molecule has 0 spiro atoms. The third-order valence-electron chi connectivity index (χ3n) is 2.63. The van der Waals surface area contributed by atoms with Gasteiger partial charge in [-0.05, 0) is 28.9 Å². The average molecular weight is 250 g/mol. The van der Waals surface area contributed by atoms with Crippen LogP contribution in [0.2, 0.25) is 0 Å². The van der Waals surface area contributed by atoms with E-state index in [9.17, 15) is 4.79 Å². The van der Waals surface area contributed by atoms with Crippen molar-refractivity contribution < 1.29 is 9.90 Å². The highest BCUT2D eigenvalue weighted by atomic mass is 16.4. The van der Waals surface area contributed by atoms with Crippen LogP contribution in [-0.4, -0.2) is 11.1 Å². The van der Waals surface area contributed by atoms with E-state index in [1.54, 1.807) is 6.08 Å². The molecule has 0 bridgehead atoms. The second-order valence-corrected chi connectivity index (χ2v) is 4.05. The summed E-state index contributed by atoms with van der Waals surface area (Å²) in [6, 6.07) is 19.5. The molecule has 0 aliphatic carbocycles. The van der Waals surface area contributed by atoms with Crippen LogP contribution < -0.4 is 0 Å². The molecule has 0 fully saturated rings. The fraction of sp³-hybridized carbons (Fsp3) is 0. The Bertz CT molecular complexity index is 596. The maximum atomic E-state index is 10.7. The van der Waals surface area contributed by atoms with Crippen LogP contribution in [0.25, 0.3) is 11.6 Å². The van der Waals surface area contributed by atoms with Crippen molar-refractivity contribution in [1.82, 2.24) is 0 Å². The molecule has 2 aromatic rings.